The number of nitrogens with two attached hydrogens (primary N) is 1. The van der Waals surface area contributed by atoms with E-state index in [1.54, 1.807) is 42.5 Å². The number of aromatic nitrogens is 3. The minimum absolute atomic E-state index is 0.0191. The summed E-state index contributed by atoms with van der Waals surface area (Å²) in [6, 6.07) is 15.1. The maximum absolute atomic E-state index is 14.2. The minimum atomic E-state index is -4.48. The first-order chi connectivity index (χ1) is 19.1. The van der Waals surface area contributed by atoms with E-state index in [4.69, 9.17) is 15.2 Å². The lowest BCUT2D eigenvalue weighted by Gasteiger charge is -2.14. The Balaban J connectivity index is 1.59. The molecular weight excluding hydrogens is 544 g/mol. The standard InChI is InChI=1S/C27H21F2N5O5S/c1-38-19-5-3-4-18(13-19)34-26(35)20-10-15(6-8-22(20)32-27(34)30)16-11-23(25(39-2)31-14-16)33-40(36,37)24-9-7-17(28)12-21(24)29/h3-14,33H,1-2H3,(H2,30,32). The Kier molecular flexibility index (Phi) is 6.81. The van der Waals surface area contributed by atoms with Gasteiger partial charge in [0, 0.05) is 23.9 Å². The van der Waals surface area contributed by atoms with Gasteiger partial charge in [0.15, 0.2) is 0 Å². The van der Waals surface area contributed by atoms with Gasteiger partial charge in [0.25, 0.3) is 15.6 Å². The number of hydrogen-bond donors (Lipinski definition) is 2. The molecule has 13 heteroatoms. The molecule has 0 aliphatic heterocycles. The van der Waals surface area contributed by atoms with Crippen molar-refractivity contribution in [3.05, 3.63) is 94.9 Å². The highest BCUT2D eigenvalue weighted by molar-refractivity contribution is 7.92. The average Bonchev–Trinajstić information content (AvgIpc) is 2.92. The summed E-state index contributed by atoms with van der Waals surface area (Å²) < 4.78 is 67.2. The Labute approximate surface area is 226 Å². The Hall–Kier alpha value is -5.04. The largest absolute Gasteiger partial charge is 0.497 e. The molecule has 40 heavy (non-hydrogen) atoms. The molecule has 0 radical (unpaired) electrons. The van der Waals surface area contributed by atoms with Gasteiger partial charge in [0.1, 0.15) is 28.0 Å². The maximum Gasteiger partial charge on any atom is 0.267 e. The molecule has 0 aliphatic rings. The van der Waals surface area contributed by atoms with Crippen LogP contribution in [0.3, 0.4) is 0 Å². The van der Waals surface area contributed by atoms with E-state index < -0.39 is 32.1 Å². The summed E-state index contributed by atoms with van der Waals surface area (Å²) in [5, 5.41) is 0.237. The first-order valence-corrected chi connectivity index (χ1v) is 13.1. The quantitative estimate of drug-likeness (QED) is 0.301. The Bertz CT molecular complexity index is 1950. The molecule has 5 aromatic rings. The van der Waals surface area contributed by atoms with Crippen molar-refractivity contribution in [1.82, 2.24) is 14.5 Å². The van der Waals surface area contributed by atoms with Crippen molar-refractivity contribution >= 4 is 32.6 Å². The number of hydrogen-bond acceptors (Lipinski definition) is 8. The molecule has 3 aromatic carbocycles. The van der Waals surface area contributed by atoms with Crippen LogP contribution in [0.25, 0.3) is 27.7 Å². The van der Waals surface area contributed by atoms with E-state index in [-0.39, 0.29) is 22.9 Å². The third-order valence-corrected chi connectivity index (χ3v) is 7.41. The number of nitrogen functional groups attached to an aromatic ring is 1. The predicted molar refractivity (Wildman–Crippen MR) is 145 cm³/mol. The van der Waals surface area contributed by atoms with Crippen LogP contribution in [0.4, 0.5) is 20.4 Å². The second-order valence-electron chi connectivity index (χ2n) is 8.51. The van der Waals surface area contributed by atoms with E-state index in [2.05, 4.69) is 14.7 Å². The van der Waals surface area contributed by atoms with Crippen molar-refractivity contribution in [2.24, 2.45) is 0 Å². The summed E-state index contributed by atoms with van der Waals surface area (Å²) in [5.41, 5.74) is 7.28. The van der Waals surface area contributed by atoms with Crippen LogP contribution >= 0.6 is 0 Å². The molecule has 0 saturated carbocycles. The monoisotopic (exact) mass is 565 g/mol. The molecule has 3 N–H and O–H groups in total. The second kappa shape index (κ2) is 10.3. The van der Waals surface area contributed by atoms with Gasteiger partial charge in [-0.25, -0.2) is 31.7 Å². The number of halogens is 2. The number of fused-ring (bicyclic) bond motifs is 1. The van der Waals surface area contributed by atoms with Gasteiger partial charge in [-0.05, 0) is 48.0 Å². The average molecular weight is 566 g/mol. The molecule has 0 amide bonds. The SMILES string of the molecule is COc1cccc(-n2c(N)nc3ccc(-c4cnc(OC)c(NS(=O)(=O)c5ccc(F)cc5F)c4)cc3c2=O)c1. The summed E-state index contributed by atoms with van der Waals surface area (Å²) in [5.74, 6) is -1.77. The van der Waals surface area contributed by atoms with Crippen molar-refractivity contribution in [1.29, 1.82) is 0 Å². The zero-order chi connectivity index (χ0) is 28.6. The lowest BCUT2D eigenvalue weighted by atomic mass is 10.0. The Morgan fingerprint density at radius 1 is 0.950 bits per heavy atom. The molecule has 2 aromatic heterocycles. The number of pyridine rings is 1. The molecule has 0 spiro atoms. The number of benzene rings is 3. The van der Waals surface area contributed by atoms with Crippen molar-refractivity contribution in [3.63, 3.8) is 0 Å². The lowest BCUT2D eigenvalue weighted by molar-refractivity contribution is 0.400. The smallest absolute Gasteiger partial charge is 0.267 e. The zero-order valence-electron chi connectivity index (χ0n) is 21.1. The summed E-state index contributed by atoms with van der Waals surface area (Å²) in [7, 11) is -1.69. The molecule has 0 unspecified atom stereocenters. The van der Waals surface area contributed by atoms with Crippen LogP contribution in [0.1, 0.15) is 0 Å². The van der Waals surface area contributed by atoms with Gasteiger partial charge in [-0.15, -0.1) is 0 Å². The van der Waals surface area contributed by atoms with E-state index in [1.807, 2.05) is 0 Å². The minimum Gasteiger partial charge on any atom is -0.497 e. The molecule has 5 rings (SSSR count). The van der Waals surface area contributed by atoms with Gasteiger partial charge >= 0.3 is 0 Å². The van der Waals surface area contributed by atoms with E-state index in [1.165, 1.54) is 31.0 Å². The molecule has 204 valence electrons. The van der Waals surface area contributed by atoms with Gasteiger partial charge in [-0.1, -0.05) is 12.1 Å². The first-order valence-electron chi connectivity index (χ1n) is 11.6. The van der Waals surface area contributed by atoms with E-state index in [9.17, 15) is 22.0 Å². The number of sulfonamides is 1. The lowest BCUT2D eigenvalue weighted by Crippen LogP contribution is -2.23. The fourth-order valence-electron chi connectivity index (χ4n) is 4.12. The second-order valence-corrected chi connectivity index (χ2v) is 10.2. The third-order valence-electron chi connectivity index (χ3n) is 6.01. The fraction of sp³-hybridized carbons (Fsp3) is 0.0741. The van der Waals surface area contributed by atoms with Crippen LogP contribution in [-0.2, 0) is 10.0 Å². The number of nitrogens with zero attached hydrogens (tertiary/aromatic N) is 3. The van der Waals surface area contributed by atoms with Crippen LogP contribution in [0.15, 0.2) is 82.6 Å². The van der Waals surface area contributed by atoms with Crippen LogP contribution in [0, 0.1) is 11.6 Å². The fourth-order valence-corrected chi connectivity index (χ4v) is 5.23. The van der Waals surface area contributed by atoms with Crippen molar-refractivity contribution in [2.75, 3.05) is 24.7 Å². The molecule has 2 heterocycles. The number of ether oxygens (including phenoxy) is 2. The number of methoxy groups -OCH3 is 2. The van der Waals surface area contributed by atoms with Gasteiger partial charge in [0.2, 0.25) is 11.8 Å². The van der Waals surface area contributed by atoms with Gasteiger partial charge in [-0.3, -0.25) is 9.52 Å². The number of nitrogens with one attached hydrogen (secondary N) is 1. The van der Waals surface area contributed by atoms with Gasteiger partial charge < -0.3 is 15.2 Å². The summed E-state index contributed by atoms with van der Waals surface area (Å²) >= 11 is 0. The molecule has 0 aliphatic carbocycles. The molecule has 10 nitrogen and oxygen atoms in total. The van der Waals surface area contributed by atoms with Crippen LogP contribution in [0.5, 0.6) is 11.6 Å². The predicted octanol–water partition coefficient (Wildman–Crippen LogP) is 4.13. The molecule has 0 bridgehead atoms. The highest BCUT2D eigenvalue weighted by atomic mass is 32.2. The summed E-state index contributed by atoms with van der Waals surface area (Å²) in [6.45, 7) is 0. The van der Waals surface area contributed by atoms with E-state index >= 15 is 0 Å². The molecule has 0 atom stereocenters. The summed E-state index contributed by atoms with van der Waals surface area (Å²) in [4.78, 5) is 21.3. The summed E-state index contributed by atoms with van der Waals surface area (Å²) in [6.07, 6.45) is 1.42. The molecule has 0 saturated heterocycles. The zero-order valence-corrected chi connectivity index (χ0v) is 21.9. The Morgan fingerprint density at radius 3 is 2.48 bits per heavy atom. The van der Waals surface area contributed by atoms with Crippen molar-refractivity contribution in [2.45, 2.75) is 4.90 Å². The van der Waals surface area contributed by atoms with Crippen LogP contribution in [-0.4, -0.2) is 37.2 Å². The molecular formula is C27H21F2N5O5S. The highest BCUT2D eigenvalue weighted by Crippen LogP contribution is 2.32. The van der Waals surface area contributed by atoms with Crippen molar-refractivity contribution < 1.29 is 26.7 Å². The Morgan fingerprint density at radius 2 is 1.75 bits per heavy atom. The van der Waals surface area contributed by atoms with E-state index in [0.717, 1.165) is 12.1 Å². The van der Waals surface area contributed by atoms with Crippen LogP contribution in [0.2, 0.25) is 0 Å². The highest BCUT2D eigenvalue weighted by Gasteiger charge is 2.22. The van der Waals surface area contributed by atoms with Crippen molar-refractivity contribution in [3.8, 4) is 28.4 Å². The number of anilines is 2. The normalized spacial score (nSPS) is 11.4. The molecule has 0 fully saturated rings. The van der Waals surface area contributed by atoms with Gasteiger partial charge in [-0.2, -0.15) is 0 Å². The van der Waals surface area contributed by atoms with E-state index in [0.29, 0.717) is 34.1 Å². The topological polar surface area (TPSA) is 138 Å². The first kappa shape index (κ1) is 26.6. The van der Waals surface area contributed by atoms with Crippen LogP contribution < -0.4 is 25.5 Å². The number of rotatable bonds is 7. The van der Waals surface area contributed by atoms with Gasteiger partial charge in [0.05, 0.1) is 30.8 Å². The third kappa shape index (κ3) is 4.89. The maximum atomic E-state index is 14.2.